The lowest BCUT2D eigenvalue weighted by Crippen LogP contribution is -2.46. The molecule has 2 aliphatic heterocycles. The van der Waals surface area contributed by atoms with Gasteiger partial charge in [0.1, 0.15) is 17.9 Å². The van der Waals surface area contributed by atoms with E-state index in [1.165, 1.54) is 38.9 Å². The van der Waals surface area contributed by atoms with Crippen LogP contribution in [0, 0.1) is 0 Å². The second-order valence-electron chi connectivity index (χ2n) is 11.3. The predicted octanol–water partition coefficient (Wildman–Crippen LogP) is 5.48. The first kappa shape index (κ1) is 29.6. The van der Waals surface area contributed by atoms with Crippen molar-refractivity contribution >= 4 is 52.9 Å². The zero-order valence-electron chi connectivity index (χ0n) is 24.4. The fourth-order valence-corrected chi connectivity index (χ4v) is 7.01. The fraction of sp³-hybridized carbons (Fsp3) is 0.467. The van der Waals surface area contributed by atoms with Gasteiger partial charge in [-0.25, -0.2) is 4.98 Å². The minimum Gasteiger partial charge on any atom is -0.494 e. The van der Waals surface area contributed by atoms with Crippen LogP contribution in [-0.2, 0) is 4.57 Å². The van der Waals surface area contributed by atoms with Gasteiger partial charge in [0.15, 0.2) is 5.82 Å². The summed E-state index contributed by atoms with van der Waals surface area (Å²) in [6.07, 6.45) is 5.15. The van der Waals surface area contributed by atoms with Gasteiger partial charge in [0.2, 0.25) is 5.95 Å². The van der Waals surface area contributed by atoms with Crippen LogP contribution in [0.5, 0.6) is 5.75 Å². The SMILES string of the molecule is COc1cc(N2CCC(N3CCCN(C)CC3)CC2)ccc1Nc1ncc(Cl)c(Nc2ccccc2P(C)(C)=O)n1. The topological polar surface area (TPSA) is 85.9 Å². The number of likely N-dealkylation sites (N-methyl/N-ethyl adjacent to an activating group) is 1. The van der Waals surface area contributed by atoms with Crippen LogP contribution in [0.3, 0.4) is 0 Å². The second-order valence-corrected chi connectivity index (χ2v) is 14.9. The van der Waals surface area contributed by atoms with E-state index in [9.17, 15) is 4.57 Å². The summed E-state index contributed by atoms with van der Waals surface area (Å²) < 4.78 is 18.6. The molecule has 3 aromatic rings. The molecule has 1 aromatic heterocycles. The average Bonchev–Trinajstić information content (AvgIpc) is 3.19. The number of piperidine rings is 1. The van der Waals surface area contributed by atoms with Gasteiger partial charge >= 0.3 is 0 Å². The first-order valence-corrected chi connectivity index (χ1v) is 17.3. The van der Waals surface area contributed by atoms with Crippen molar-refractivity contribution in [1.29, 1.82) is 0 Å². The molecule has 2 fully saturated rings. The maximum absolute atomic E-state index is 12.8. The van der Waals surface area contributed by atoms with E-state index in [-0.39, 0.29) is 0 Å². The molecule has 2 aliphatic rings. The number of halogens is 1. The molecule has 2 aromatic carbocycles. The Labute approximate surface area is 248 Å². The molecule has 11 heteroatoms. The number of methoxy groups -OCH3 is 1. The van der Waals surface area contributed by atoms with Gasteiger partial charge in [-0.05, 0) is 77.0 Å². The van der Waals surface area contributed by atoms with E-state index in [0.29, 0.717) is 28.5 Å². The first-order chi connectivity index (χ1) is 19.7. The predicted molar refractivity (Wildman–Crippen MR) is 171 cm³/mol. The van der Waals surface area contributed by atoms with Crippen molar-refractivity contribution in [2.45, 2.75) is 25.3 Å². The van der Waals surface area contributed by atoms with Gasteiger partial charge in [0.05, 0.1) is 24.7 Å². The normalized spacial score (nSPS) is 17.7. The third-order valence-corrected chi connectivity index (χ3v) is 9.84. The van der Waals surface area contributed by atoms with Crippen LogP contribution in [0.15, 0.2) is 48.7 Å². The van der Waals surface area contributed by atoms with E-state index in [0.717, 1.165) is 42.1 Å². The van der Waals surface area contributed by atoms with Crippen molar-refractivity contribution in [3.8, 4) is 5.75 Å². The number of aromatic nitrogens is 2. The lowest BCUT2D eigenvalue weighted by molar-refractivity contribution is 0.174. The molecule has 0 aliphatic carbocycles. The van der Waals surface area contributed by atoms with Gasteiger partial charge in [-0.2, -0.15) is 4.98 Å². The molecule has 2 saturated heterocycles. The highest BCUT2D eigenvalue weighted by atomic mass is 35.5. The summed E-state index contributed by atoms with van der Waals surface area (Å²) in [5.74, 6) is 1.52. The molecular formula is C30H41ClN7O2P. The summed E-state index contributed by atoms with van der Waals surface area (Å²) >= 11 is 6.44. The van der Waals surface area contributed by atoms with Crippen molar-refractivity contribution < 1.29 is 9.30 Å². The van der Waals surface area contributed by atoms with Crippen molar-refractivity contribution in [2.75, 3.05) is 82.3 Å². The molecule has 9 nitrogen and oxygen atoms in total. The Bertz CT molecular complexity index is 1390. The Hall–Kier alpha value is -2.84. The van der Waals surface area contributed by atoms with Gasteiger partial charge in [-0.1, -0.05) is 23.7 Å². The molecule has 0 spiro atoms. The van der Waals surface area contributed by atoms with E-state index in [1.54, 1.807) is 26.6 Å². The molecule has 220 valence electrons. The quantitative estimate of drug-likeness (QED) is 0.328. The Kier molecular flexibility index (Phi) is 9.39. The molecule has 0 radical (unpaired) electrons. The zero-order valence-corrected chi connectivity index (χ0v) is 26.1. The van der Waals surface area contributed by atoms with Crippen molar-refractivity contribution in [3.63, 3.8) is 0 Å². The van der Waals surface area contributed by atoms with Crippen LogP contribution in [0.1, 0.15) is 19.3 Å². The second kappa shape index (κ2) is 13.0. The van der Waals surface area contributed by atoms with Crippen LogP contribution >= 0.6 is 18.7 Å². The summed E-state index contributed by atoms with van der Waals surface area (Å²) in [7, 11) is 1.39. The van der Waals surface area contributed by atoms with E-state index >= 15 is 0 Å². The summed E-state index contributed by atoms with van der Waals surface area (Å²) in [6.45, 7) is 10.3. The summed E-state index contributed by atoms with van der Waals surface area (Å²) in [6, 6.07) is 14.4. The number of benzene rings is 2. The number of anilines is 5. The number of nitrogens with one attached hydrogen (secondary N) is 2. The minimum absolute atomic E-state index is 0.366. The van der Waals surface area contributed by atoms with Crippen LogP contribution in [0.2, 0.25) is 5.02 Å². The Morgan fingerprint density at radius 3 is 2.51 bits per heavy atom. The van der Waals surface area contributed by atoms with E-state index < -0.39 is 7.14 Å². The van der Waals surface area contributed by atoms with E-state index in [1.807, 2.05) is 30.3 Å². The molecular weight excluding hydrogens is 557 g/mol. The number of hydrogen-bond donors (Lipinski definition) is 2. The van der Waals surface area contributed by atoms with E-state index in [2.05, 4.69) is 54.5 Å². The van der Waals surface area contributed by atoms with Crippen molar-refractivity contribution in [1.82, 2.24) is 19.8 Å². The highest BCUT2D eigenvalue weighted by Crippen LogP contribution is 2.39. The molecule has 0 atom stereocenters. The molecule has 41 heavy (non-hydrogen) atoms. The minimum atomic E-state index is -2.51. The number of hydrogen-bond acceptors (Lipinski definition) is 9. The maximum atomic E-state index is 12.8. The van der Waals surface area contributed by atoms with Gasteiger partial charge in [0, 0.05) is 49.3 Å². The van der Waals surface area contributed by atoms with E-state index in [4.69, 9.17) is 16.3 Å². The highest BCUT2D eigenvalue weighted by Gasteiger charge is 2.26. The van der Waals surface area contributed by atoms with Gasteiger partial charge in [0.25, 0.3) is 0 Å². The smallest absolute Gasteiger partial charge is 0.229 e. The van der Waals surface area contributed by atoms with Crippen LogP contribution < -0.4 is 25.6 Å². The van der Waals surface area contributed by atoms with Crippen molar-refractivity contribution in [3.05, 3.63) is 53.7 Å². The standard InChI is InChI=1S/C30H41ClN7O2P/c1-36-14-7-15-37(19-18-36)22-12-16-38(17-13-22)23-10-11-25(27(20-23)40-2)34-30-32-21-24(31)29(35-30)33-26-8-5-6-9-28(26)41(3,4)39/h5-6,8-11,20-22H,7,12-19H2,1-4H3,(H2,32,33,34,35). The largest absolute Gasteiger partial charge is 0.494 e. The molecule has 0 bridgehead atoms. The molecule has 2 N–H and O–H groups in total. The molecule has 0 amide bonds. The number of ether oxygens (including phenoxy) is 1. The summed E-state index contributed by atoms with van der Waals surface area (Å²) in [4.78, 5) is 16.6. The average molecular weight is 598 g/mol. The van der Waals surface area contributed by atoms with Crippen molar-refractivity contribution in [2.24, 2.45) is 0 Å². The fourth-order valence-electron chi connectivity index (χ4n) is 5.71. The Morgan fingerprint density at radius 1 is 0.976 bits per heavy atom. The molecule has 0 unspecified atom stereocenters. The number of nitrogens with zero attached hydrogens (tertiary/aromatic N) is 5. The summed E-state index contributed by atoms with van der Waals surface area (Å²) in [5, 5.41) is 7.64. The monoisotopic (exact) mass is 597 g/mol. The maximum Gasteiger partial charge on any atom is 0.229 e. The van der Waals surface area contributed by atoms with Crippen LogP contribution in [0.25, 0.3) is 0 Å². The van der Waals surface area contributed by atoms with Crippen LogP contribution in [-0.4, -0.2) is 92.6 Å². The number of rotatable bonds is 8. The molecule has 3 heterocycles. The molecule has 5 rings (SSSR count). The van der Waals surface area contributed by atoms with Gasteiger partial charge < -0.3 is 29.7 Å². The van der Waals surface area contributed by atoms with Gasteiger partial charge in [-0.15, -0.1) is 0 Å². The van der Waals surface area contributed by atoms with Gasteiger partial charge in [-0.3, -0.25) is 4.90 Å². The third kappa shape index (κ3) is 7.33. The lowest BCUT2D eigenvalue weighted by Gasteiger charge is -2.39. The summed E-state index contributed by atoms with van der Waals surface area (Å²) in [5.41, 5.74) is 2.63. The number of para-hydroxylation sites is 1. The van der Waals surface area contributed by atoms with Crippen LogP contribution in [0.4, 0.5) is 28.8 Å². The molecule has 0 saturated carbocycles. The third-order valence-electron chi connectivity index (χ3n) is 8.01. The Morgan fingerprint density at radius 2 is 1.76 bits per heavy atom. The zero-order chi connectivity index (χ0) is 29.0. The lowest BCUT2D eigenvalue weighted by atomic mass is 10.0. The highest BCUT2D eigenvalue weighted by molar-refractivity contribution is 7.70. The Balaban J connectivity index is 1.26. The first-order valence-electron chi connectivity index (χ1n) is 14.3.